The Balaban J connectivity index is 1.57. The van der Waals surface area contributed by atoms with E-state index < -0.39 is 0 Å². The highest BCUT2D eigenvalue weighted by atomic mass is 32.2. The van der Waals surface area contributed by atoms with E-state index in [0.717, 1.165) is 29.2 Å². The van der Waals surface area contributed by atoms with Crippen molar-refractivity contribution >= 4 is 23.9 Å². The van der Waals surface area contributed by atoms with Gasteiger partial charge >= 0.3 is 0 Å². The predicted molar refractivity (Wildman–Crippen MR) is 115 cm³/mol. The number of aromatic nitrogens is 3. The minimum Gasteiger partial charge on any atom is -0.493 e. The summed E-state index contributed by atoms with van der Waals surface area (Å²) in [6.45, 7) is 4.57. The number of thioether (sulfide) groups is 1. The molecule has 1 N–H and O–H groups in total. The largest absolute Gasteiger partial charge is 0.493 e. The van der Waals surface area contributed by atoms with E-state index in [9.17, 15) is 4.79 Å². The molecule has 0 spiro atoms. The molecular formula is C21H23N5O2S. The van der Waals surface area contributed by atoms with Crippen molar-refractivity contribution in [3.63, 3.8) is 0 Å². The van der Waals surface area contributed by atoms with Crippen LogP contribution in [0.5, 0.6) is 5.75 Å². The lowest BCUT2D eigenvalue weighted by atomic mass is 10.2. The first-order valence-electron chi connectivity index (χ1n) is 9.33. The molecule has 0 unspecified atom stereocenters. The third-order valence-electron chi connectivity index (χ3n) is 3.92. The van der Waals surface area contributed by atoms with Crippen molar-refractivity contribution in [1.82, 2.24) is 20.2 Å². The van der Waals surface area contributed by atoms with Crippen molar-refractivity contribution in [3.8, 4) is 11.4 Å². The number of amides is 1. The van der Waals surface area contributed by atoms with Crippen LogP contribution in [0.2, 0.25) is 0 Å². The van der Waals surface area contributed by atoms with E-state index in [0.29, 0.717) is 11.8 Å². The number of hydrazone groups is 1. The second-order valence-electron chi connectivity index (χ2n) is 6.17. The van der Waals surface area contributed by atoms with Crippen LogP contribution in [0.1, 0.15) is 24.7 Å². The van der Waals surface area contributed by atoms with E-state index in [4.69, 9.17) is 4.74 Å². The Hall–Kier alpha value is -3.13. The number of para-hydroxylation sites is 2. The summed E-state index contributed by atoms with van der Waals surface area (Å²) in [6, 6.07) is 17.4. The molecule has 3 rings (SSSR count). The zero-order valence-corrected chi connectivity index (χ0v) is 17.2. The lowest BCUT2D eigenvalue weighted by Crippen LogP contribution is -2.20. The van der Waals surface area contributed by atoms with Gasteiger partial charge in [0.05, 0.1) is 18.6 Å². The van der Waals surface area contributed by atoms with E-state index >= 15 is 0 Å². The molecule has 1 aromatic heterocycles. The number of nitrogens with zero attached hydrogens (tertiary/aromatic N) is 4. The molecule has 1 amide bonds. The van der Waals surface area contributed by atoms with Crippen LogP contribution in [-0.2, 0) is 4.79 Å². The summed E-state index contributed by atoms with van der Waals surface area (Å²) in [5.41, 5.74) is 4.32. The molecule has 3 aromatic rings. The zero-order valence-electron chi connectivity index (χ0n) is 16.4. The lowest BCUT2D eigenvalue weighted by molar-refractivity contribution is -0.118. The third-order valence-corrected chi connectivity index (χ3v) is 4.84. The fraction of sp³-hybridized carbons (Fsp3) is 0.238. The SMILES string of the molecule is CCCOc1ccccc1/C=N/NC(=O)CSc1nnc(C)n1-c1ccccc1. The number of rotatable bonds is 9. The van der Waals surface area contributed by atoms with Crippen LogP contribution >= 0.6 is 11.8 Å². The van der Waals surface area contributed by atoms with Gasteiger partial charge in [0.1, 0.15) is 11.6 Å². The lowest BCUT2D eigenvalue weighted by Gasteiger charge is -2.08. The molecule has 0 radical (unpaired) electrons. The maximum Gasteiger partial charge on any atom is 0.250 e. The summed E-state index contributed by atoms with van der Waals surface area (Å²) in [4.78, 5) is 12.2. The van der Waals surface area contributed by atoms with Crippen LogP contribution in [0, 0.1) is 6.92 Å². The molecule has 0 saturated carbocycles. The van der Waals surface area contributed by atoms with Gasteiger partial charge in [0.15, 0.2) is 5.16 Å². The average Bonchev–Trinajstić information content (AvgIpc) is 3.12. The van der Waals surface area contributed by atoms with Gasteiger partial charge in [-0.3, -0.25) is 9.36 Å². The normalized spacial score (nSPS) is 11.0. The van der Waals surface area contributed by atoms with Crippen molar-refractivity contribution in [1.29, 1.82) is 0 Å². The highest BCUT2D eigenvalue weighted by molar-refractivity contribution is 7.99. The van der Waals surface area contributed by atoms with Crippen LogP contribution in [-0.4, -0.2) is 39.2 Å². The summed E-state index contributed by atoms with van der Waals surface area (Å²) in [5.74, 6) is 1.46. The van der Waals surface area contributed by atoms with Crippen LogP contribution < -0.4 is 10.2 Å². The van der Waals surface area contributed by atoms with Crippen LogP contribution in [0.25, 0.3) is 5.69 Å². The molecule has 150 valence electrons. The van der Waals surface area contributed by atoms with Crippen molar-refractivity contribution in [2.45, 2.75) is 25.4 Å². The second-order valence-corrected chi connectivity index (χ2v) is 7.11. The fourth-order valence-electron chi connectivity index (χ4n) is 2.58. The summed E-state index contributed by atoms with van der Waals surface area (Å²) in [6.07, 6.45) is 2.51. The number of carbonyl (C=O) groups is 1. The van der Waals surface area contributed by atoms with Crippen LogP contribution in [0.15, 0.2) is 64.9 Å². The Morgan fingerprint density at radius 2 is 1.93 bits per heavy atom. The molecule has 0 aliphatic rings. The highest BCUT2D eigenvalue weighted by Crippen LogP contribution is 2.21. The number of aryl methyl sites for hydroxylation is 1. The van der Waals surface area contributed by atoms with Gasteiger partial charge in [-0.25, -0.2) is 5.43 Å². The Morgan fingerprint density at radius 1 is 1.17 bits per heavy atom. The van der Waals surface area contributed by atoms with Crippen molar-refractivity contribution in [3.05, 3.63) is 66.0 Å². The molecule has 0 aliphatic heterocycles. The summed E-state index contributed by atoms with van der Waals surface area (Å²) >= 11 is 1.31. The maximum atomic E-state index is 12.2. The number of nitrogens with one attached hydrogen (secondary N) is 1. The third kappa shape index (κ3) is 5.68. The minimum atomic E-state index is -0.224. The standard InChI is InChI=1S/C21H23N5O2S/c1-3-13-28-19-12-8-7-9-17(19)14-22-24-20(27)15-29-21-25-23-16(2)26(21)18-10-5-4-6-11-18/h4-12,14H,3,13,15H2,1-2H3,(H,24,27)/b22-14+. The molecule has 0 aliphatic carbocycles. The van der Waals surface area contributed by atoms with E-state index in [-0.39, 0.29) is 11.7 Å². The molecule has 0 atom stereocenters. The first-order chi connectivity index (χ1) is 14.2. The number of carbonyl (C=O) groups excluding carboxylic acids is 1. The van der Waals surface area contributed by atoms with Gasteiger partial charge in [0.25, 0.3) is 5.91 Å². The van der Waals surface area contributed by atoms with Crippen LogP contribution in [0.4, 0.5) is 0 Å². The zero-order chi connectivity index (χ0) is 20.5. The van der Waals surface area contributed by atoms with Gasteiger partial charge in [0.2, 0.25) is 0 Å². The predicted octanol–water partition coefficient (Wildman–Crippen LogP) is 3.61. The molecule has 8 heteroatoms. The molecule has 7 nitrogen and oxygen atoms in total. The van der Waals surface area contributed by atoms with Gasteiger partial charge in [-0.2, -0.15) is 5.10 Å². The van der Waals surface area contributed by atoms with E-state index in [1.807, 2.05) is 66.1 Å². The summed E-state index contributed by atoms with van der Waals surface area (Å²) < 4.78 is 7.60. The molecule has 2 aromatic carbocycles. The number of hydrogen-bond acceptors (Lipinski definition) is 6. The summed E-state index contributed by atoms with van der Waals surface area (Å²) in [7, 11) is 0. The van der Waals surface area contributed by atoms with Gasteiger partial charge in [0, 0.05) is 11.3 Å². The topological polar surface area (TPSA) is 81.4 Å². The maximum absolute atomic E-state index is 12.2. The van der Waals surface area contributed by atoms with E-state index in [1.54, 1.807) is 6.21 Å². The smallest absolute Gasteiger partial charge is 0.250 e. The number of ether oxygens (including phenoxy) is 1. The van der Waals surface area contributed by atoms with E-state index in [2.05, 4.69) is 27.6 Å². The minimum absolute atomic E-state index is 0.177. The van der Waals surface area contributed by atoms with Gasteiger partial charge < -0.3 is 4.74 Å². The fourth-order valence-corrected chi connectivity index (χ4v) is 3.37. The monoisotopic (exact) mass is 409 g/mol. The van der Waals surface area contributed by atoms with Gasteiger partial charge in [-0.15, -0.1) is 10.2 Å². The Kier molecular flexibility index (Phi) is 7.40. The van der Waals surface area contributed by atoms with Crippen molar-refractivity contribution in [2.75, 3.05) is 12.4 Å². The first-order valence-corrected chi connectivity index (χ1v) is 10.3. The Morgan fingerprint density at radius 3 is 2.72 bits per heavy atom. The molecule has 0 bridgehead atoms. The Labute approximate surface area is 174 Å². The summed E-state index contributed by atoms with van der Waals surface area (Å²) in [5, 5.41) is 13.0. The van der Waals surface area contributed by atoms with Crippen LogP contribution in [0.3, 0.4) is 0 Å². The molecule has 1 heterocycles. The number of benzene rings is 2. The highest BCUT2D eigenvalue weighted by Gasteiger charge is 2.13. The van der Waals surface area contributed by atoms with Gasteiger partial charge in [-0.05, 0) is 37.6 Å². The van der Waals surface area contributed by atoms with Crippen molar-refractivity contribution < 1.29 is 9.53 Å². The molecule has 0 saturated heterocycles. The first kappa shape index (κ1) is 20.6. The second kappa shape index (κ2) is 10.4. The molecule has 29 heavy (non-hydrogen) atoms. The molecular weight excluding hydrogens is 386 g/mol. The number of hydrogen-bond donors (Lipinski definition) is 1. The molecule has 0 fully saturated rings. The van der Waals surface area contributed by atoms with Crippen molar-refractivity contribution in [2.24, 2.45) is 5.10 Å². The Bertz CT molecular complexity index is 972. The van der Waals surface area contributed by atoms with E-state index in [1.165, 1.54) is 11.8 Å². The van der Waals surface area contributed by atoms with Gasteiger partial charge in [-0.1, -0.05) is 49.0 Å². The average molecular weight is 410 g/mol. The quantitative estimate of drug-likeness (QED) is 0.332.